The minimum atomic E-state index is -2.82. The van der Waals surface area contributed by atoms with E-state index in [1.807, 2.05) is 21.1 Å². The van der Waals surface area contributed by atoms with Gasteiger partial charge in [0.25, 0.3) is 0 Å². The Kier molecular flexibility index (Phi) is 9.60. The summed E-state index contributed by atoms with van der Waals surface area (Å²) in [7, 11) is 3.10. The molecule has 0 saturated heterocycles. The summed E-state index contributed by atoms with van der Waals surface area (Å²) in [6, 6.07) is 0. The van der Waals surface area contributed by atoms with Crippen LogP contribution in [-0.2, 0) is 9.09 Å². The molecule has 94 valence electrons. The SMILES string of the molecule is CCCCCC(O[PH](=O)O)[N+](C)(C)C.[OH-]. The highest BCUT2D eigenvalue weighted by Crippen LogP contribution is 2.25. The topological polar surface area (TPSA) is 76.5 Å². The second kappa shape index (κ2) is 8.25. The molecule has 0 bridgehead atoms. The van der Waals surface area contributed by atoms with Crippen molar-refractivity contribution in [2.45, 2.75) is 38.8 Å². The number of quaternary nitrogens is 1. The van der Waals surface area contributed by atoms with Crippen LogP contribution in [0.4, 0.5) is 0 Å². The number of hydrogen-bond acceptors (Lipinski definition) is 3. The summed E-state index contributed by atoms with van der Waals surface area (Å²) in [5.74, 6) is 0. The third-order valence-electron chi connectivity index (χ3n) is 2.16. The molecule has 0 aliphatic carbocycles. The maximum Gasteiger partial charge on any atom is 0.321 e. The van der Waals surface area contributed by atoms with E-state index >= 15 is 0 Å². The molecule has 0 spiro atoms. The fraction of sp³-hybridized carbons (Fsp3) is 1.00. The first-order valence-corrected chi connectivity index (χ1v) is 6.35. The zero-order chi connectivity index (χ0) is 11.2. The van der Waals surface area contributed by atoms with Crippen molar-refractivity contribution in [3.63, 3.8) is 0 Å². The summed E-state index contributed by atoms with van der Waals surface area (Å²) in [6.45, 7) is 2.14. The lowest BCUT2D eigenvalue weighted by molar-refractivity contribution is -0.915. The van der Waals surface area contributed by atoms with E-state index in [0.29, 0.717) is 4.48 Å². The van der Waals surface area contributed by atoms with Crippen LogP contribution in [0.2, 0.25) is 0 Å². The van der Waals surface area contributed by atoms with E-state index in [-0.39, 0.29) is 11.7 Å². The van der Waals surface area contributed by atoms with Crippen molar-refractivity contribution in [3.05, 3.63) is 0 Å². The van der Waals surface area contributed by atoms with Gasteiger partial charge in [-0.15, -0.1) is 0 Å². The van der Waals surface area contributed by atoms with Gasteiger partial charge in [0.1, 0.15) is 0 Å². The number of hydrogen-bond donors (Lipinski definition) is 1. The maximum absolute atomic E-state index is 10.6. The molecule has 0 aromatic heterocycles. The highest BCUT2D eigenvalue weighted by Gasteiger charge is 2.25. The van der Waals surface area contributed by atoms with Gasteiger partial charge in [0.05, 0.1) is 21.1 Å². The van der Waals surface area contributed by atoms with Gasteiger partial charge in [-0.3, -0.25) is 9.09 Å². The van der Waals surface area contributed by atoms with Crippen molar-refractivity contribution >= 4 is 8.25 Å². The van der Waals surface area contributed by atoms with Crippen LogP contribution >= 0.6 is 8.25 Å². The average Bonchev–Trinajstić information content (AvgIpc) is 2.00. The van der Waals surface area contributed by atoms with Gasteiger partial charge >= 0.3 is 8.25 Å². The van der Waals surface area contributed by atoms with Crippen molar-refractivity contribution in [1.29, 1.82) is 0 Å². The number of unbranched alkanes of at least 4 members (excludes halogenated alkanes) is 2. The summed E-state index contributed by atoms with van der Waals surface area (Å²) >= 11 is 0. The van der Waals surface area contributed by atoms with Crippen LogP contribution in [0, 0.1) is 0 Å². The smallest absolute Gasteiger partial charge is 0.321 e. The fourth-order valence-electron chi connectivity index (χ4n) is 1.29. The molecule has 0 saturated carbocycles. The molecule has 2 atom stereocenters. The average molecular weight is 241 g/mol. The van der Waals surface area contributed by atoms with E-state index in [0.717, 1.165) is 25.7 Å². The molecule has 0 heterocycles. The van der Waals surface area contributed by atoms with Crippen LogP contribution in [0.5, 0.6) is 0 Å². The molecule has 2 unspecified atom stereocenters. The molecule has 5 nitrogen and oxygen atoms in total. The standard InChI is InChI=1S/C9H22NO3P.H2O/c1-5-6-7-8-9(10(2,3)4)13-14(11)12;/h9,14H,5-8H2,1-4H3;1H2. The number of rotatable bonds is 7. The van der Waals surface area contributed by atoms with Crippen molar-refractivity contribution in [1.82, 2.24) is 0 Å². The van der Waals surface area contributed by atoms with Crippen molar-refractivity contribution in [3.8, 4) is 0 Å². The van der Waals surface area contributed by atoms with Gasteiger partial charge in [-0.2, -0.15) is 0 Å². The lowest BCUT2D eigenvalue weighted by atomic mass is 10.2. The lowest BCUT2D eigenvalue weighted by Crippen LogP contribution is -2.45. The predicted molar refractivity (Wildman–Crippen MR) is 60.2 cm³/mol. The van der Waals surface area contributed by atoms with E-state index in [4.69, 9.17) is 9.42 Å². The summed E-state index contributed by atoms with van der Waals surface area (Å²) in [6.07, 6.45) is 4.02. The summed E-state index contributed by atoms with van der Waals surface area (Å²) in [4.78, 5) is 8.76. The van der Waals surface area contributed by atoms with Crippen LogP contribution in [0.25, 0.3) is 0 Å². The van der Waals surface area contributed by atoms with E-state index in [1.54, 1.807) is 0 Å². The molecule has 2 N–H and O–H groups in total. The van der Waals surface area contributed by atoms with Gasteiger partial charge in [-0.05, 0) is 6.42 Å². The highest BCUT2D eigenvalue weighted by atomic mass is 31.1. The second-order valence-corrected chi connectivity index (χ2v) is 5.22. The van der Waals surface area contributed by atoms with Gasteiger partial charge in [-0.25, -0.2) is 0 Å². The third kappa shape index (κ3) is 9.03. The van der Waals surface area contributed by atoms with Crippen LogP contribution in [0.1, 0.15) is 32.6 Å². The molecule has 0 aliphatic heterocycles. The first kappa shape index (κ1) is 17.5. The van der Waals surface area contributed by atoms with E-state index in [2.05, 4.69) is 6.92 Å². The maximum atomic E-state index is 10.6. The number of nitrogens with zero attached hydrogens (tertiary/aromatic N) is 1. The Labute approximate surface area is 92.9 Å². The Bertz CT molecular complexity index is 181. The molecular weight excluding hydrogens is 217 g/mol. The third-order valence-corrected chi connectivity index (χ3v) is 2.63. The first-order chi connectivity index (χ1) is 6.38. The lowest BCUT2D eigenvalue weighted by Gasteiger charge is -2.32. The summed E-state index contributed by atoms with van der Waals surface area (Å²) in [5, 5.41) is 0. The van der Waals surface area contributed by atoms with Gasteiger partial charge in [0.15, 0.2) is 0 Å². The zero-order valence-corrected chi connectivity index (χ0v) is 11.1. The normalized spacial score (nSPS) is 15.5. The Hall–Kier alpha value is 0.0700. The monoisotopic (exact) mass is 241 g/mol. The Morgan fingerprint density at radius 3 is 2.20 bits per heavy atom. The van der Waals surface area contributed by atoms with Crippen LogP contribution in [-0.4, -0.2) is 42.2 Å². The van der Waals surface area contributed by atoms with Gasteiger partial charge in [0, 0.05) is 6.42 Å². The second-order valence-electron chi connectivity index (χ2n) is 4.45. The molecule has 0 aromatic rings. The van der Waals surface area contributed by atoms with Crippen LogP contribution in [0.3, 0.4) is 0 Å². The Morgan fingerprint density at radius 2 is 1.87 bits per heavy atom. The highest BCUT2D eigenvalue weighted by molar-refractivity contribution is 7.32. The first-order valence-electron chi connectivity index (χ1n) is 5.08. The van der Waals surface area contributed by atoms with Crippen molar-refractivity contribution in [2.75, 3.05) is 21.1 Å². The minimum absolute atomic E-state index is 0. The van der Waals surface area contributed by atoms with Gasteiger partial charge in [0.2, 0.25) is 6.23 Å². The molecule has 0 radical (unpaired) electrons. The van der Waals surface area contributed by atoms with Crippen molar-refractivity contribution in [2.24, 2.45) is 0 Å². The molecular formula is C9H24NO4P. The molecule has 0 aliphatic rings. The quantitative estimate of drug-likeness (QED) is 0.319. The molecule has 6 heteroatoms. The van der Waals surface area contributed by atoms with Gasteiger partial charge in [-0.1, -0.05) is 19.8 Å². The van der Waals surface area contributed by atoms with E-state index in [9.17, 15) is 4.57 Å². The largest absolute Gasteiger partial charge is 0.870 e. The van der Waals surface area contributed by atoms with Crippen molar-refractivity contribution < 1.29 is 23.9 Å². The van der Waals surface area contributed by atoms with Gasteiger partial charge < -0.3 is 14.9 Å². The van der Waals surface area contributed by atoms with E-state index < -0.39 is 8.25 Å². The Balaban J connectivity index is 0. The molecule has 0 aromatic carbocycles. The Morgan fingerprint density at radius 1 is 1.33 bits per heavy atom. The fourth-order valence-corrected chi connectivity index (χ4v) is 1.96. The summed E-state index contributed by atoms with van der Waals surface area (Å²) < 4.78 is 16.2. The molecule has 0 fully saturated rings. The predicted octanol–water partition coefficient (Wildman–Crippen LogP) is 1.82. The van der Waals surface area contributed by atoms with Crippen LogP contribution < -0.4 is 0 Å². The molecule has 15 heavy (non-hydrogen) atoms. The molecule has 0 amide bonds. The van der Waals surface area contributed by atoms with E-state index in [1.165, 1.54) is 0 Å². The summed E-state index contributed by atoms with van der Waals surface area (Å²) in [5.41, 5.74) is 0. The van der Waals surface area contributed by atoms with Crippen LogP contribution in [0.15, 0.2) is 0 Å². The molecule has 0 rings (SSSR count). The minimum Gasteiger partial charge on any atom is -0.870 e. The zero-order valence-electron chi connectivity index (χ0n) is 10.1.